The van der Waals surface area contributed by atoms with Gasteiger partial charge in [0.05, 0.1) is 31.6 Å². The number of amides is 3. The Morgan fingerprint density at radius 1 is 1.14 bits per heavy atom. The van der Waals surface area contributed by atoms with E-state index in [4.69, 9.17) is 9.72 Å². The Bertz CT molecular complexity index is 1000. The molecule has 5 atom stereocenters. The number of morpholine rings is 1. The number of fused-ring (bicyclic) bond motifs is 2. The van der Waals surface area contributed by atoms with E-state index < -0.39 is 11.5 Å². The third kappa shape index (κ3) is 4.90. The second kappa shape index (κ2) is 10.4. The number of hydrogen-bond donors (Lipinski definition) is 3. The molecule has 5 rings (SSSR count). The number of piperidine rings is 1. The number of hydrogen-bond acceptors (Lipinski definition) is 7. The molecule has 0 spiro atoms. The summed E-state index contributed by atoms with van der Waals surface area (Å²) in [6.07, 6.45) is 3.88. The van der Waals surface area contributed by atoms with Gasteiger partial charge in [-0.1, -0.05) is 20.8 Å². The highest BCUT2D eigenvalue weighted by Gasteiger charge is 2.59. The number of carbonyl (C=O) groups is 2. The van der Waals surface area contributed by atoms with Gasteiger partial charge in [0.15, 0.2) is 5.13 Å². The van der Waals surface area contributed by atoms with E-state index in [1.165, 1.54) is 11.3 Å². The molecule has 3 heterocycles. The molecule has 3 N–H and O–H groups in total. The molecule has 4 aliphatic rings. The number of aliphatic hydroxyl groups is 2. The molecule has 2 aliphatic carbocycles. The summed E-state index contributed by atoms with van der Waals surface area (Å²) in [5, 5.41) is 25.0. The first-order chi connectivity index (χ1) is 17.7. The highest BCUT2D eigenvalue weighted by Crippen LogP contribution is 2.63. The Kier molecular flexibility index (Phi) is 7.57. The minimum atomic E-state index is -0.659. The number of thiazole rings is 1. The number of carbonyl (C=O) groups excluding carboxylic acids is 2. The van der Waals surface area contributed by atoms with Crippen LogP contribution >= 0.6 is 11.3 Å². The number of urea groups is 1. The molecule has 0 unspecified atom stereocenters. The number of nitrogens with one attached hydrogen (secondary N) is 1. The molecule has 0 aromatic carbocycles. The van der Waals surface area contributed by atoms with E-state index in [1.807, 2.05) is 11.8 Å². The maximum Gasteiger partial charge on any atom is 0.323 e. The highest BCUT2D eigenvalue weighted by atomic mass is 32.1. The lowest BCUT2D eigenvalue weighted by molar-refractivity contribution is -0.147. The van der Waals surface area contributed by atoms with Crippen molar-refractivity contribution in [2.75, 3.05) is 51.3 Å². The van der Waals surface area contributed by atoms with Crippen molar-refractivity contribution in [3.8, 4) is 0 Å². The number of aliphatic hydroxyl groups excluding tert-OH is 2. The maximum atomic E-state index is 13.6. The molecular formula is C27H42N4O5S. The highest BCUT2D eigenvalue weighted by molar-refractivity contribution is 7.15. The van der Waals surface area contributed by atoms with Gasteiger partial charge in [-0.2, -0.15) is 0 Å². The zero-order valence-corrected chi connectivity index (χ0v) is 23.2. The van der Waals surface area contributed by atoms with Crippen LogP contribution in [0.5, 0.6) is 0 Å². The summed E-state index contributed by atoms with van der Waals surface area (Å²) in [4.78, 5) is 36.2. The van der Waals surface area contributed by atoms with Gasteiger partial charge in [0.25, 0.3) is 0 Å². The molecule has 1 saturated carbocycles. The average Bonchev–Trinajstić information content (AvgIpc) is 3.30. The third-order valence-electron chi connectivity index (χ3n) is 9.92. The van der Waals surface area contributed by atoms with Crippen LogP contribution in [0.1, 0.15) is 69.4 Å². The van der Waals surface area contributed by atoms with Gasteiger partial charge in [-0.25, -0.2) is 9.78 Å². The lowest BCUT2D eigenvalue weighted by Crippen LogP contribution is -2.57. The molecule has 206 valence electrons. The van der Waals surface area contributed by atoms with Gasteiger partial charge in [-0.15, -0.1) is 11.3 Å². The molecule has 1 aromatic rings. The SMILES string of the molecule is CC1CCN(C(=O)C[C@@H]2c3nc(NC(=O)N4CCOCC4)sc3C[C@@H]3[C@](C)(CO)[C@H](O)CC[C@]32C)CC1. The predicted octanol–water partition coefficient (Wildman–Crippen LogP) is 3.07. The first kappa shape index (κ1) is 26.8. The summed E-state index contributed by atoms with van der Waals surface area (Å²) < 4.78 is 5.37. The van der Waals surface area contributed by atoms with Gasteiger partial charge in [0.2, 0.25) is 5.91 Å². The van der Waals surface area contributed by atoms with E-state index in [-0.39, 0.29) is 35.8 Å². The molecular weight excluding hydrogens is 492 g/mol. The van der Waals surface area contributed by atoms with Crippen molar-refractivity contribution in [2.24, 2.45) is 22.7 Å². The number of rotatable bonds is 4. The van der Waals surface area contributed by atoms with Crippen LogP contribution < -0.4 is 5.32 Å². The zero-order chi connectivity index (χ0) is 26.4. The van der Waals surface area contributed by atoms with E-state index in [1.54, 1.807) is 4.90 Å². The third-order valence-corrected chi connectivity index (χ3v) is 10.9. The summed E-state index contributed by atoms with van der Waals surface area (Å²) in [6, 6.07) is -0.177. The monoisotopic (exact) mass is 534 g/mol. The molecule has 2 aliphatic heterocycles. The van der Waals surface area contributed by atoms with Gasteiger partial charge in [0.1, 0.15) is 0 Å². The summed E-state index contributed by atoms with van der Waals surface area (Å²) in [7, 11) is 0. The normalized spacial score (nSPS) is 34.6. The van der Waals surface area contributed by atoms with Crippen molar-refractivity contribution >= 4 is 28.4 Å². The van der Waals surface area contributed by atoms with Crippen molar-refractivity contribution < 1.29 is 24.5 Å². The molecule has 2 saturated heterocycles. The van der Waals surface area contributed by atoms with E-state index in [2.05, 4.69) is 19.2 Å². The van der Waals surface area contributed by atoms with E-state index in [0.29, 0.717) is 56.6 Å². The van der Waals surface area contributed by atoms with Crippen LogP contribution in [0.4, 0.5) is 9.93 Å². The largest absolute Gasteiger partial charge is 0.396 e. The standard InChI is InChI=1S/C27H42N4O5S/c1-17-5-8-30(9-6-17)22(34)14-18-23-19(15-20-26(18,2)7-4-21(33)27(20,3)16-32)37-24(28-23)29-25(35)31-10-12-36-13-11-31/h17-18,20-21,32-33H,4-16H2,1-3H3,(H,28,29,35)/t18-,20+,21-,26+,27+/m1/s1. The average molecular weight is 535 g/mol. The van der Waals surface area contributed by atoms with Gasteiger partial charge < -0.3 is 24.7 Å². The summed E-state index contributed by atoms with van der Waals surface area (Å²) in [6.45, 7) is 10.1. The van der Waals surface area contributed by atoms with Crippen LogP contribution in [0.15, 0.2) is 0 Å². The molecule has 0 radical (unpaired) electrons. The topological polar surface area (TPSA) is 115 Å². The fraction of sp³-hybridized carbons (Fsp3) is 0.815. The lowest BCUT2D eigenvalue weighted by atomic mass is 9.47. The van der Waals surface area contributed by atoms with E-state index in [0.717, 1.165) is 42.9 Å². The Morgan fingerprint density at radius 3 is 2.51 bits per heavy atom. The van der Waals surface area contributed by atoms with Crippen LogP contribution in [0.2, 0.25) is 0 Å². The first-order valence-electron chi connectivity index (χ1n) is 13.9. The Morgan fingerprint density at radius 2 is 1.84 bits per heavy atom. The molecule has 1 aromatic heterocycles. The van der Waals surface area contributed by atoms with Crippen LogP contribution in [-0.4, -0.2) is 89.0 Å². The molecule has 37 heavy (non-hydrogen) atoms. The predicted molar refractivity (Wildman–Crippen MR) is 142 cm³/mol. The summed E-state index contributed by atoms with van der Waals surface area (Å²) in [5.41, 5.74) is -0.0353. The van der Waals surface area contributed by atoms with Crippen molar-refractivity contribution in [1.29, 1.82) is 0 Å². The van der Waals surface area contributed by atoms with Crippen LogP contribution in [0.3, 0.4) is 0 Å². The summed E-state index contributed by atoms with van der Waals surface area (Å²) >= 11 is 1.47. The smallest absolute Gasteiger partial charge is 0.323 e. The van der Waals surface area contributed by atoms with Crippen molar-refractivity contribution in [3.05, 3.63) is 10.6 Å². The quantitative estimate of drug-likeness (QED) is 0.547. The van der Waals surface area contributed by atoms with Crippen LogP contribution in [-0.2, 0) is 16.0 Å². The van der Waals surface area contributed by atoms with Gasteiger partial charge in [0, 0.05) is 48.8 Å². The van der Waals surface area contributed by atoms with Gasteiger partial charge >= 0.3 is 6.03 Å². The fourth-order valence-corrected chi connectivity index (χ4v) is 8.26. The van der Waals surface area contributed by atoms with Gasteiger partial charge in [-0.3, -0.25) is 10.1 Å². The maximum absolute atomic E-state index is 13.6. The number of aromatic nitrogens is 1. The minimum Gasteiger partial charge on any atom is -0.396 e. The summed E-state index contributed by atoms with van der Waals surface area (Å²) in [5.74, 6) is 0.683. The number of anilines is 1. The number of nitrogens with zero attached hydrogens (tertiary/aromatic N) is 3. The lowest BCUT2D eigenvalue weighted by Gasteiger charge is -2.58. The number of ether oxygens (including phenoxy) is 1. The molecule has 10 heteroatoms. The fourth-order valence-electron chi connectivity index (χ4n) is 7.20. The van der Waals surface area contributed by atoms with Crippen molar-refractivity contribution in [3.63, 3.8) is 0 Å². The van der Waals surface area contributed by atoms with Crippen LogP contribution in [0.25, 0.3) is 0 Å². The molecule has 3 amide bonds. The zero-order valence-electron chi connectivity index (χ0n) is 22.4. The Labute approximate surface area is 223 Å². The molecule has 9 nitrogen and oxygen atoms in total. The second-order valence-electron chi connectivity index (χ2n) is 12.2. The number of likely N-dealkylation sites (tertiary alicyclic amines) is 1. The van der Waals surface area contributed by atoms with Crippen molar-refractivity contribution in [2.45, 2.75) is 71.3 Å². The Balaban J connectivity index is 1.45. The molecule has 0 bridgehead atoms. The Hall–Kier alpha value is -1.75. The van der Waals surface area contributed by atoms with Gasteiger partial charge in [-0.05, 0) is 49.4 Å². The first-order valence-corrected chi connectivity index (χ1v) is 14.7. The van der Waals surface area contributed by atoms with E-state index >= 15 is 0 Å². The van der Waals surface area contributed by atoms with Crippen molar-refractivity contribution in [1.82, 2.24) is 14.8 Å². The van der Waals surface area contributed by atoms with E-state index in [9.17, 15) is 19.8 Å². The second-order valence-corrected chi connectivity index (χ2v) is 13.2. The van der Waals surface area contributed by atoms with Crippen LogP contribution in [0, 0.1) is 22.7 Å². The minimum absolute atomic E-state index is 0.00340. The molecule has 3 fully saturated rings.